The minimum atomic E-state index is -0.487. The fourth-order valence-electron chi connectivity index (χ4n) is 1.34. The van der Waals surface area contributed by atoms with Crippen LogP contribution in [0.4, 0.5) is 5.69 Å². The molecular weight excluding hydrogens is 242 g/mol. The highest BCUT2D eigenvalue weighted by Gasteiger charge is 2.09. The summed E-state index contributed by atoms with van der Waals surface area (Å²) in [6.07, 6.45) is 1.37. The molecule has 1 amide bonds. The summed E-state index contributed by atoms with van der Waals surface area (Å²) in [7, 11) is 0. The van der Waals surface area contributed by atoms with Gasteiger partial charge in [-0.25, -0.2) is 0 Å². The highest BCUT2D eigenvalue weighted by atomic mass is 16.1. The first-order valence-corrected chi connectivity index (χ1v) is 5.84. The van der Waals surface area contributed by atoms with Gasteiger partial charge < -0.3 is 10.6 Å². The zero-order chi connectivity index (χ0) is 14.3. The quantitative estimate of drug-likeness (QED) is 0.479. The Morgan fingerprint density at radius 1 is 1.32 bits per heavy atom. The summed E-state index contributed by atoms with van der Waals surface area (Å²) in [4.78, 5) is 22.9. The van der Waals surface area contributed by atoms with E-state index in [1.54, 1.807) is 24.3 Å². The number of hydrogen-bond acceptors (Lipinski definition) is 4. The van der Waals surface area contributed by atoms with Crippen LogP contribution < -0.4 is 10.6 Å². The van der Waals surface area contributed by atoms with Gasteiger partial charge in [0.05, 0.1) is 0 Å². The van der Waals surface area contributed by atoms with Crippen molar-refractivity contribution < 1.29 is 9.59 Å². The second-order valence-corrected chi connectivity index (χ2v) is 3.82. The maximum Gasteiger partial charge on any atom is 0.267 e. The average Bonchev–Trinajstić information content (AvgIpc) is 2.40. The molecule has 1 aromatic rings. The predicted octanol–water partition coefficient (Wildman–Crippen LogP) is 1.84. The molecule has 0 aliphatic heterocycles. The first-order valence-electron chi connectivity index (χ1n) is 5.84. The lowest BCUT2D eigenvalue weighted by molar-refractivity contribution is -0.112. The van der Waals surface area contributed by atoms with Gasteiger partial charge in [-0.3, -0.25) is 9.59 Å². The van der Waals surface area contributed by atoms with Gasteiger partial charge in [0.25, 0.3) is 5.91 Å². The van der Waals surface area contributed by atoms with Crippen LogP contribution in [0.2, 0.25) is 0 Å². The number of carbonyl (C=O) groups is 2. The molecule has 98 valence electrons. The van der Waals surface area contributed by atoms with E-state index in [4.69, 9.17) is 5.26 Å². The van der Waals surface area contributed by atoms with Crippen molar-refractivity contribution in [1.29, 1.82) is 5.26 Å². The number of nitriles is 1. The Morgan fingerprint density at radius 2 is 1.95 bits per heavy atom. The van der Waals surface area contributed by atoms with E-state index in [0.29, 0.717) is 17.8 Å². The lowest BCUT2D eigenvalue weighted by Gasteiger charge is -2.05. The van der Waals surface area contributed by atoms with E-state index in [2.05, 4.69) is 10.6 Å². The number of carbonyl (C=O) groups excluding carboxylic acids is 2. The Hall–Kier alpha value is -2.61. The Morgan fingerprint density at radius 3 is 2.42 bits per heavy atom. The average molecular weight is 257 g/mol. The molecule has 0 atom stereocenters. The standard InChI is InChI=1S/C14H15N3O2/c1-3-16-9-12(8-15)14(19)17-13-6-4-11(5-7-13)10(2)18/h4-7,9,16H,3H2,1-2H3,(H,17,19)/b12-9-. The van der Waals surface area contributed by atoms with Gasteiger partial charge in [0.2, 0.25) is 0 Å². The first kappa shape index (κ1) is 14.5. The van der Waals surface area contributed by atoms with Gasteiger partial charge in [0.15, 0.2) is 5.78 Å². The van der Waals surface area contributed by atoms with Crippen molar-refractivity contribution in [3.63, 3.8) is 0 Å². The molecule has 0 fully saturated rings. The van der Waals surface area contributed by atoms with Gasteiger partial charge in [-0.15, -0.1) is 0 Å². The fraction of sp³-hybridized carbons (Fsp3) is 0.214. The molecule has 1 rings (SSSR count). The van der Waals surface area contributed by atoms with E-state index >= 15 is 0 Å². The van der Waals surface area contributed by atoms with E-state index in [0.717, 1.165) is 0 Å². The number of anilines is 1. The molecule has 0 unspecified atom stereocenters. The maximum atomic E-state index is 11.8. The van der Waals surface area contributed by atoms with Crippen LogP contribution in [-0.4, -0.2) is 18.2 Å². The molecule has 2 N–H and O–H groups in total. The summed E-state index contributed by atoms with van der Waals surface area (Å²) in [6.45, 7) is 3.97. The first-order chi connectivity index (χ1) is 9.08. The number of hydrogen-bond donors (Lipinski definition) is 2. The van der Waals surface area contributed by atoms with E-state index in [9.17, 15) is 9.59 Å². The summed E-state index contributed by atoms with van der Waals surface area (Å²) in [6, 6.07) is 8.31. The molecule has 1 aromatic carbocycles. The van der Waals surface area contributed by atoms with Crippen molar-refractivity contribution in [3.05, 3.63) is 41.6 Å². The Balaban J connectivity index is 2.76. The highest BCUT2D eigenvalue weighted by molar-refractivity contribution is 6.06. The minimum Gasteiger partial charge on any atom is -0.390 e. The Labute approximate surface area is 111 Å². The largest absolute Gasteiger partial charge is 0.390 e. The number of rotatable bonds is 5. The third kappa shape index (κ3) is 4.28. The van der Waals surface area contributed by atoms with Crippen molar-refractivity contribution in [2.75, 3.05) is 11.9 Å². The molecule has 0 saturated heterocycles. The van der Waals surface area contributed by atoms with Crippen LogP contribution in [0.25, 0.3) is 0 Å². The van der Waals surface area contributed by atoms with Crippen molar-refractivity contribution >= 4 is 17.4 Å². The van der Waals surface area contributed by atoms with Gasteiger partial charge in [-0.1, -0.05) is 0 Å². The zero-order valence-corrected chi connectivity index (χ0v) is 10.9. The maximum absolute atomic E-state index is 11.8. The fourth-order valence-corrected chi connectivity index (χ4v) is 1.34. The number of nitrogens with one attached hydrogen (secondary N) is 2. The minimum absolute atomic E-state index is 0.00232. The summed E-state index contributed by atoms with van der Waals surface area (Å²) < 4.78 is 0. The normalized spacial score (nSPS) is 10.5. The molecule has 0 aliphatic rings. The van der Waals surface area contributed by atoms with Gasteiger partial charge >= 0.3 is 0 Å². The topological polar surface area (TPSA) is 82.0 Å². The SMILES string of the molecule is CCN/C=C(/C#N)C(=O)Nc1ccc(C(C)=O)cc1. The molecule has 0 radical (unpaired) electrons. The van der Waals surface area contributed by atoms with Gasteiger partial charge in [-0.2, -0.15) is 5.26 Å². The van der Waals surface area contributed by atoms with E-state index in [-0.39, 0.29) is 11.4 Å². The molecule has 19 heavy (non-hydrogen) atoms. The van der Waals surface area contributed by atoms with Crippen LogP contribution in [0, 0.1) is 11.3 Å². The van der Waals surface area contributed by atoms with Crippen LogP contribution in [0.1, 0.15) is 24.2 Å². The summed E-state index contributed by atoms with van der Waals surface area (Å²) in [5.41, 5.74) is 1.10. The van der Waals surface area contributed by atoms with Crippen LogP contribution in [-0.2, 0) is 4.79 Å². The lowest BCUT2D eigenvalue weighted by atomic mass is 10.1. The number of benzene rings is 1. The number of amides is 1. The second-order valence-electron chi connectivity index (χ2n) is 3.82. The summed E-state index contributed by atoms with van der Waals surface area (Å²) in [5, 5.41) is 14.2. The van der Waals surface area contributed by atoms with Crippen LogP contribution in [0.15, 0.2) is 36.0 Å². The molecule has 0 aromatic heterocycles. The molecule has 0 spiro atoms. The van der Waals surface area contributed by atoms with Gasteiger partial charge in [0.1, 0.15) is 11.6 Å². The molecule has 5 nitrogen and oxygen atoms in total. The monoisotopic (exact) mass is 257 g/mol. The molecular formula is C14H15N3O2. The number of ketones is 1. The third-order valence-electron chi connectivity index (χ3n) is 2.36. The Kier molecular flexibility index (Phi) is 5.30. The molecule has 0 saturated carbocycles. The van der Waals surface area contributed by atoms with Crippen molar-refractivity contribution in [2.24, 2.45) is 0 Å². The van der Waals surface area contributed by atoms with E-state index < -0.39 is 5.91 Å². The highest BCUT2D eigenvalue weighted by Crippen LogP contribution is 2.11. The molecule has 0 bridgehead atoms. The van der Waals surface area contributed by atoms with E-state index in [1.807, 2.05) is 13.0 Å². The number of nitrogens with zero attached hydrogens (tertiary/aromatic N) is 1. The van der Waals surface area contributed by atoms with Crippen LogP contribution in [0.3, 0.4) is 0 Å². The molecule has 0 aliphatic carbocycles. The van der Waals surface area contributed by atoms with Crippen LogP contribution >= 0.6 is 0 Å². The summed E-state index contributed by atoms with van der Waals surface area (Å²) >= 11 is 0. The Bertz CT molecular complexity index is 539. The van der Waals surface area contributed by atoms with Crippen molar-refractivity contribution in [1.82, 2.24) is 5.32 Å². The third-order valence-corrected chi connectivity index (χ3v) is 2.36. The molecule has 0 heterocycles. The van der Waals surface area contributed by atoms with E-state index in [1.165, 1.54) is 13.1 Å². The second kappa shape index (κ2) is 6.97. The predicted molar refractivity (Wildman–Crippen MR) is 72.4 cm³/mol. The molecule has 5 heteroatoms. The smallest absolute Gasteiger partial charge is 0.267 e. The van der Waals surface area contributed by atoms with Crippen molar-refractivity contribution in [2.45, 2.75) is 13.8 Å². The summed E-state index contributed by atoms with van der Waals surface area (Å²) in [5.74, 6) is -0.526. The van der Waals surface area contributed by atoms with Crippen molar-refractivity contribution in [3.8, 4) is 6.07 Å². The number of Topliss-reactive ketones (excluding diaryl/α,β-unsaturated/α-hetero) is 1. The van der Waals surface area contributed by atoms with Gasteiger partial charge in [0, 0.05) is 24.0 Å². The lowest BCUT2D eigenvalue weighted by Crippen LogP contribution is -2.16. The van der Waals surface area contributed by atoms with Crippen LogP contribution in [0.5, 0.6) is 0 Å². The zero-order valence-electron chi connectivity index (χ0n) is 10.9. The van der Waals surface area contributed by atoms with Gasteiger partial charge in [-0.05, 0) is 38.1 Å².